The van der Waals surface area contributed by atoms with Crippen LogP contribution in [0, 0.1) is 12.7 Å². The standard InChI is InChI=1S/C20H24FN5O4S2/c1-13-18(14-4-5-17(16(21)10-14)32(2,29)30)31-20(24-13)25-19(28)22-7-6-15-11-26(12-23-15)8-3-9-27/h4-5,10-12,27H,3,6-9H2,1-2H3,(H2,22,24,25,28). The molecule has 0 aliphatic carbocycles. The summed E-state index contributed by atoms with van der Waals surface area (Å²) in [7, 11) is -3.65. The number of urea groups is 1. The van der Waals surface area contributed by atoms with Crippen molar-refractivity contribution in [2.45, 2.75) is 31.2 Å². The van der Waals surface area contributed by atoms with Gasteiger partial charge in [-0.1, -0.05) is 17.4 Å². The van der Waals surface area contributed by atoms with E-state index in [2.05, 4.69) is 20.6 Å². The lowest BCUT2D eigenvalue weighted by Crippen LogP contribution is -2.30. The van der Waals surface area contributed by atoms with E-state index in [-0.39, 0.29) is 11.5 Å². The monoisotopic (exact) mass is 481 g/mol. The molecule has 3 N–H and O–H groups in total. The minimum Gasteiger partial charge on any atom is -0.396 e. The van der Waals surface area contributed by atoms with Gasteiger partial charge in [-0.25, -0.2) is 27.6 Å². The topological polar surface area (TPSA) is 126 Å². The molecule has 0 radical (unpaired) electrons. The van der Waals surface area contributed by atoms with Crippen molar-refractivity contribution < 1.29 is 22.7 Å². The highest BCUT2D eigenvalue weighted by molar-refractivity contribution is 7.90. The van der Waals surface area contributed by atoms with E-state index in [0.29, 0.717) is 47.2 Å². The zero-order valence-corrected chi connectivity index (χ0v) is 19.3. The van der Waals surface area contributed by atoms with Gasteiger partial charge >= 0.3 is 6.03 Å². The van der Waals surface area contributed by atoms with Gasteiger partial charge in [-0.05, 0) is 31.0 Å². The van der Waals surface area contributed by atoms with Crippen LogP contribution in [0.4, 0.5) is 14.3 Å². The highest BCUT2D eigenvalue weighted by atomic mass is 32.2. The van der Waals surface area contributed by atoms with E-state index in [4.69, 9.17) is 5.11 Å². The summed E-state index contributed by atoms with van der Waals surface area (Å²) in [6.07, 6.45) is 5.72. The lowest BCUT2D eigenvalue weighted by molar-refractivity contribution is 0.252. The van der Waals surface area contributed by atoms with Crippen LogP contribution in [0.1, 0.15) is 17.8 Å². The van der Waals surface area contributed by atoms with Gasteiger partial charge < -0.3 is 15.0 Å². The number of aliphatic hydroxyl groups excluding tert-OH is 1. The van der Waals surface area contributed by atoms with Crippen molar-refractivity contribution >= 4 is 32.3 Å². The Morgan fingerprint density at radius 1 is 1.34 bits per heavy atom. The second-order valence-electron chi connectivity index (χ2n) is 7.16. The molecule has 1 aromatic carbocycles. The average molecular weight is 482 g/mol. The fourth-order valence-corrected chi connectivity index (χ4v) is 4.70. The van der Waals surface area contributed by atoms with E-state index < -0.39 is 21.7 Å². The molecule has 0 unspecified atom stereocenters. The number of imidazole rings is 1. The molecule has 172 valence electrons. The van der Waals surface area contributed by atoms with Gasteiger partial charge in [0.05, 0.1) is 22.6 Å². The summed E-state index contributed by atoms with van der Waals surface area (Å²) in [5.74, 6) is -0.830. The summed E-state index contributed by atoms with van der Waals surface area (Å²) in [5.41, 5.74) is 1.90. The molecule has 0 saturated carbocycles. The molecule has 0 atom stereocenters. The van der Waals surface area contributed by atoms with Crippen molar-refractivity contribution in [2.75, 3.05) is 24.7 Å². The summed E-state index contributed by atoms with van der Waals surface area (Å²) in [6.45, 7) is 2.90. The Kier molecular flexibility index (Phi) is 7.59. The summed E-state index contributed by atoms with van der Waals surface area (Å²) < 4.78 is 39.3. The molecule has 9 nitrogen and oxygen atoms in total. The molecule has 2 heterocycles. The average Bonchev–Trinajstić information content (AvgIpc) is 3.31. The van der Waals surface area contributed by atoms with E-state index in [9.17, 15) is 17.6 Å². The molecule has 0 spiro atoms. The van der Waals surface area contributed by atoms with Crippen LogP contribution in [-0.2, 0) is 22.8 Å². The maximum Gasteiger partial charge on any atom is 0.321 e. The van der Waals surface area contributed by atoms with Crippen LogP contribution in [0.15, 0.2) is 35.6 Å². The number of benzene rings is 1. The number of aryl methyl sites for hydroxylation is 2. The molecule has 0 saturated heterocycles. The number of hydrogen-bond acceptors (Lipinski definition) is 7. The molecule has 0 aliphatic rings. The molecular formula is C20H24FN5O4S2. The quantitative estimate of drug-likeness (QED) is 0.431. The zero-order valence-electron chi connectivity index (χ0n) is 17.6. The largest absolute Gasteiger partial charge is 0.396 e. The minimum absolute atomic E-state index is 0.119. The van der Waals surface area contributed by atoms with Gasteiger partial charge in [0, 0.05) is 38.6 Å². The SMILES string of the molecule is Cc1nc(NC(=O)NCCc2cn(CCCO)cn2)sc1-c1ccc(S(C)(=O)=O)c(F)c1. The number of amides is 2. The van der Waals surface area contributed by atoms with E-state index in [1.807, 2.05) is 10.8 Å². The van der Waals surface area contributed by atoms with Crippen molar-refractivity contribution in [3.63, 3.8) is 0 Å². The Hall–Kier alpha value is -2.83. The Balaban J connectivity index is 1.57. The zero-order chi connectivity index (χ0) is 23.3. The first-order chi connectivity index (χ1) is 15.2. The normalized spacial score (nSPS) is 11.5. The molecule has 12 heteroatoms. The van der Waals surface area contributed by atoms with Crippen molar-refractivity contribution in [1.82, 2.24) is 19.9 Å². The van der Waals surface area contributed by atoms with Crippen molar-refractivity contribution in [3.8, 4) is 10.4 Å². The lowest BCUT2D eigenvalue weighted by Gasteiger charge is -2.04. The van der Waals surface area contributed by atoms with Gasteiger partial charge in [-0.3, -0.25) is 5.32 Å². The smallest absolute Gasteiger partial charge is 0.321 e. The third-order valence-electron chi connectivity index (χ3n) is 4.54. The number of nitrogens with one attached hydrogen (secondary N) is 2. The van der Waals surface area contributed by atoms with Gasteiger partial charge in [-0.2, -0.15) is 0 Å². The molecule has 0 bridgehead atoms. The van der Waals surface area contributed by atoms with Crippen LogP contribution in [0.5, 0.6) is 0 Å². The number of thiazole rings is 1. The van der Waals surface area contributed by atoms with Crippen LogP contribution in [0.2, 0.25) is 0 Å². The van der Waals surface area contributed by atoms with E-state index in [0.717, 1.165) is 18.0 Å². The van der Waals surface area contributed by atoms with Crippen LogP contribution in [-0.4, -0.2) is 53.5 Å². The molecule has 32 heavy (non-hydrogen) atoms. The maximum absolute atomic E-state index is 14.2. The van der Waals surface area contributed by atoms with Crippen LogP contribution >= 0.6 is 11.3 Å². The van der Waals surface area contributed by atoms with Crippen molar-refractivity contribution in [2.24, 2.45) is 0 Å². The maximum atomic E-state index is 14.2. The van der Waals surface area contributed by atoms with E-state index in [1.165, 1.54) is 23.5 Å². The van der Waals surface area contributed by atoms with E-state index in [1.54, 1.807) is 13.3 Å². The van der Waals surface area contributed by atoms with Gasteiger partial charge in [0.1, 0.15) is 10.7 Å². The highest BCUT2D eigenvalue weighted by Gasteiger charge is 2.17. The van der Waals surface area contributed by atoms with Crippen LogP contribution in [0.3, 0.4) is 0 Å². The van der Waals surface area contributed by atoms with Crippen LogP contribution in [0.25, 0.3) is 10.4 Å². The predicted octanol–water partition coefficient (Wildman–Crippen LogP) is 2.60. The molecular weight excluding hydrogens is 457 g/mol. The van der Waals surface area contributed by atoms with Crippen LogP contribution < -0.4 is 10.6 Å². The number of sulfone groups is 1. The Morgan fingerprint density at radius 3 is 2.81 bits per heavy atom. The number of aromatic nitrogens is 3. The number of halogens is 1. The molecule has 0 fully saturated rings. The summed E-state index contributed by atoms with van der Waals surface area (Å²) >= 11 is 1.17. The number of aliphatic hydroxyl groups is 1. The number of hydrogen-bond donors (Lipinski definition) is 3. The molecule has 2 aromatic heterocycles. The Morgan fingerprint density at radius 2 is 2.12 bits per heavy atom. The van der Waals surface area contributed by atoms with Gasteiger partial charge in [-0.15, -0.1) is 0 Å². The minimum atomic E-state index is -3.65. The first-order valence-electron chi connectivity index (χ1n) is 9.81. The second kappa shape index (κ2) is 10.2. The van der Waals surface area contributed by atoms with Crippen molar-refractivity contribution in [3.05, 3.63) is 47.9 Å². The summed E-state index contributed by atoms with van der Waals surface area (Å²) in [6, 6.07) is 3.47. The third kappa shape index (κ3) is 6.11. The predicted molar refractivity (Wildman–Crippen MR) is 120 cm³/mol. The third-order valence-corrected chi connectivity index (χ3v) is 6.79. The molecule has 2 amide bonds. The summed E-state index contributed by atoms with van der Waals surface area (Å²) in [4.78, 5) is 21.0. The van der Waals surface area contributed by atoms with Crippen molar-refractivity contribution in [1.29, 1.82) is 0 Å². The number of rotatable bonds is 9. The van der Waals surface area contributed by atoms with Gasteiger partial charge in [0.25, 0.3) is 0 Å². The molecule has 3 rings (SSSR count). The van der Waals surface area contributed by atoms with E-state index >= 15 is 0 Å². The number of anilines is 1. The fourth-order valence-electron chi connectivity index (χ4n) is 3.02. The summed E-state index contributed by atoms with van der Waals surface area (Å²) in [5, 5.41) is 14.6. The highest BCUT2D eigenvalue weighted by Crippen LogP contribution is 2.34. The Bertz CT molecular complexity index is 1210. The number of carbonyl (C=O) groups excluding carboxylic acids is 1. The first-order valence-corrected chi connectivity index (χ1v) is 12.5. The second-order valence-corrected chi connectivity index (χ2v) is 10.1. The lowest BCUT2D eigenvalue weighted by atomic mass is 10.1. The fraction of sp³-hybridized carbons (Fsp3) is 0.350. The van der Waals surface area contributed by atoms with Gasteiger partial charge in [0.2, 0.25) is 0 Å². The Labute approximate surface area is 189 Å². The van der Waals surface area contributed by atoms with Gasteiger partial charge in [0.15, 0.2) is 15.0 Å². The molecule has 3 aromatic rings. The first kappa shape index (κ1) is 23.8. The number of nitrogens with zero attached hydrogens (tertiary/aromatic N) is 3. The molecule has 0 aliphatic heterocycles. The number of carbonyl (C=O) groups is 1.